The van der Waals surface area contributed by atoms with Gasteiger partial charge in [-0.15, -0.1) is 0 Å². The van der Waals surface area contributed by atoms with Crippen LogP contribution in [0.25, 0.3) is 16.8 Å². The summed E-state index contributed by atoms with van der Waals surface area (Å²) < 4.78 is 28.8. The number of halogens is 1. The summed E-state index contributed by atoms with van der Waals surface area (Å²) in [5.74, 6) is 0.727. The molecule has 0 aliphatic carbocycles. The number of nitrogen functional groups attached to an aromatic ring is 1. The van der Waals surface area contributed by atoms with Crippen LogP contribution in [0.4, 0.5) is 10.2 Å². The second kappa shape index (κ2) is 8.72. The van der Waals surface area contributed by atoms with Gasteiger partial charge in [-0.3, -0.25) is 14.1 Å². The summed E-state index contributed by atoms with van der Waals surface area (Å²) >= 11 is 0. The summed E-state index contributed by atoms with van der Waals surface area (Å²) in [6.07, 6.45) is 5.43. The van der Waals surface area contributed by atoms with E-state index in [1.165, 1.54) is 13.0 Å². The standard InChI is InChI=1S/C24H28FN5O3/c1-3-33-19-11-16(14(2)31)10-18(25)20(19)21-22-23(26)27-6-7-30(22)24(28-21)15-4-5-17-13-32-9-8-29(17)12-15/h6-7,10-11,15,17H,3-5,8-9,12-13H2,1-2H3,(H2,26,27). The van der Waals surface area contributed by atoms with Crippen LogP contribution >= 0.6 is 0 Å². The minimum absolute atomic E-state index is 0.164. The second-order valence-electron chi connectivity index (χ2n) is 8.67. The quantitative estimate of drug-likeness (QED) is 0.592. The number of hydrogen-bond donors (Lipinski definition) is 1. The first-order chi connectivity index (χ1) is 16.0. The SMILES string of the molecule is CCOc1cc(C(C)=O)cc(F)c1-c1nc(C2CCC3COCCN3C2)n2ccnc(N)c12. The molecule has 174 valence electrons. The molecule has 2 aromatic heterocycles. The van der Waals surface area contributed by atoms with Gasteiger partial charge in [-0.1, -0.05) is 0 Å². The van der Waals surface area contributed by atoms with E-state index in [1.807, 2.05) is 17.5 Å². The van der Waals surface area contributed by atoms with Crippen LogP contribution in [0.2, 0.25) is 0 Å². The Balaban J connectivity index is 1.66. The van der Waals surface area contributed by atoms with E-state index in [-0.39, 0.29) is 34.4 Å². The summed E-state index contributed by atoms with van der Waals surface area (Å²) in [6.45, 7) is 6.80. The van der Waals surface area contributed by atoms with Gasteiger partial charge in [0.1, 0.15) is 34.4 Å². The summed E-state index contributed by atoms with van der Waals surface area (Å²) in [4.78, 5) is 23.5. The molecule has 5 rings (SSSR count). The minimum Gasteiger partial charge on any atom is -0.493 e. The van der Waals surface area contributed by atoms with Gasteiger partial charge < -0.3 is 15.2 Å². The largest absolute Gasteiger partial charge is 0.493 e. The molecular weight excluding hydrogens is 425 g/mol. The zero-order valence-electron chi connectivity index (χ0n) is 18.9. The molecular formula is C24H28FN5O3. The summed E-state index contributed by atoms with van der Waals surface area (Å²) in [7, 11) is 0. The van der Waals surface area contributed by atoms with Gasteiger partial charge in [0.15, 0.2) is 5.78 Å². The summed E-state index contributed by atoms with van der Waals surface area (Å²) in [6, 6.07) is 3.24. The van der Waals surface area contributed by atoms with E-state index < -0.39 is 5.82 Å². The molecule has 2 unspecified atom stereocenters. The average molecular weight is 454 g/mol. The molecule has 1 aromatic carbocycles. The number of benzene rings is 1. The van der Waals surface area contributed by atoms with Gasteiger partial charge in [0.25, 0.3) is 0 Å². The lowest BCUT2D eigenvalue weighted by Crippen LogP contribution is -2.50. The number of anilines is 1. The molecule has 2 saturated heterocycles. The Morgan fingerprint density at radius 3 is 3.00 bits per heavy atom. The van der Waals surface area contributed by atoms with E-state index >= 15 is 4.39 Å². The predicted molar refractivity (Wildman–Crippen MR) is 122 cm³/mol. The van der Waals surface area contributed by atoms with Crippen molar-refractivity contribution in [1.29, 1.82) is 0 Å². The summed E-state index contributed by atoms with van der Waals surface area (Å²) in [5, 5.41) is 0. The number of carbonyl (C=O) groups is 1. The maximum Gasteiger partial charge on any atom is 0.160 e. The van der Waals surface area contributed by atoms with Crippen LogP contribution in [0.5, 0.6) is 5.75 Å². The van der Waals surface area contributed by atoms with Gasteiger partial charge in [0.2, 0.25) is 0 Å². The van der Waals surface area contributed by atoms with Crippen LogP contribution in [0.1, 0.15) is 48.8 Å². The van der Waals surface area contributed by atoms with E-state index in [2.05, 4.69) is 9.88 Å². The third-order valence-electron chi connectivity index (χ3n) is 6.63. The third-order valence-corrected chi connectivity index (χ3v) is 6.63. The van der Waals surface area contributed by atoms with Crippen molar-refractivity contribution in [3.8, 4) is 17.0 Å². The van der Waals surface area contributed by atoms with Crippen LogP contribution in [-0.2, 0) is 4.74 Å². The zero-order valence-corrected chi connectivity index (χ0v) is 18.9. The van der Waals surface area contributed by atoms with Crippen LogP contribution in [0.15, 0.2) is 24.5 Å². The smallest absolute Gasteiger partial charge is 0.160 e. The molecule has 9 heteroatoms. The average Bonchev–Trinajstić information content (AvgIpc) is 3.19. The number of carbonyl (C=O) groups excluding carboxylic acids is 1. The lowest BCUT2D eigenvalue weighted by Gasteiger charge is -2.41. The van der Waals surface area contributed by atoms with Crippen molar-refractivity contribution in [3.05, 3.63) is 41.7 Å². The number of morpholine rings is 1. The first-order valence-electron chi connectivity index (χ1n) is 11.4. The van der Waals surface area contributed by atoms with Gasteiger partial charge in [-0.25, -0.2) is 14.4 Å². The highest BCUT2D eigenvalue weighted by molar-refractivity contribution is 5.96. The number of fused-ring (bicyclic) bond motifs is 2. The van der Waals surface area contributed by atoms with Crippen molar-refractivity contribution >= 4 is 17.1 Å². The first kappa shape index (κ1) is 21.8. The molecule has 2 atom stereocenters. The lowest BCUT2D eigenvalue weighted by atomic mass is 9.91. The van der Waals surface area contributed by atoms with Crippen molar-refractivity contribution in [3.63, 3.8) is 0 Å². The molecule has 2 N–H and O–H groups in total. The molecule has 8 nitrogen and oxygen atoms in total. The minimum atomic E-state index is -0.571. The molecule has 0 bridgehead atoms. The third kappa shape index (κ3) is 3.85. The lowest BCUT2D eigenvalue weighted by molar-refractivity contribution is -0.0285. The van der Waals surface area contributed by atoms with Crippen LogP contribution in [-0.4, -0.2) is 64.0 Å². The number of rotatable bonds is 5. The number of nitrogens with zero attached hydrogens (tertiary/aromatic N) is 4. The number of imidazole rings is 1. The molecule has 33 heavy (non-hydrogen) atoms. The van der Waals surface area contributed by atoms with Crippen LogP contribution < -0.4 is 10.5 Å². The number of hydrogen-bond acceptors (Lipinski definition) is 7. The number of aromatic nitrogens is 3. The molecule has 2 fully saturated rings. The normalized spacial score (nSPS) is 21.2. The Bertz CT molecular complexity index is 1210. The van der Waals surface area contributed by atoms with E-state index in [0.717, 1.165) is 45.0 Å². The van der Waals surface area contributed by atoms with Crippen molar-refractivity contribution in [2.75, 3.05) is 38.6 Å². The van der Waals surface area contributed by atoms with Gasteiger partial charge in [0, 0.05) is 43.0 Å². The highest BCUT2D eigenvalue weighted by Gasteiger charge is 2.34. The summed E-state index contributed by atoms with van der Waals surface area (Å²) in [5.41, 5.74) is 7.66. The number of nitrogens with two attached hydrogens (primary N) is 1. The Morgan fingerprint density at radius 1 is 1.36 bits per heavy atom. The highest BCUT2D eigenvalue weighted by atomic mass is 19.1. The molecule has 2 aliphatic rings. The molecule has 4 heterocycles. The Labute approximate surface area is 191 Å². The van der Waals surface area contributed by atoms with Gasteiger partial charge in [0.05, 0.1) is 25.4 Å². The second-order valence-corrected chi connectivity index (χ2v) is 8.67. The predicted octanol–water partition coefficient (Wildman–Crippen LogP) is 3.30. The van der Waals surface area contributed by atoms with Gasteiger partial charge in [-0.05, 0) is 38.8 Å². The number of Topliss-reactive ketones (excluding diaryl/α,β-unsaturated/α-hetero) is 1. The van der Waals surface area contributed by atoms with Crippen molar-refractivity contribution in [2.45, 2.75) is 38.6 Å². The van der Waals surface area contributed by atoms with E-state index in [1.54, 1.807) is 12.3 Å². The fraction of sp³-hybridized carbons (Fsp3) is 0.458. The molecule has 0 amide bonds. The highest BCUT2D eigenvalue weighted by Crippen LogP contribution is 2.40. The Morgan fingerprint density at radius 2 is 2.21 bits per heavy atom. The van der Waals surface area contributed by atoms with Gasteiger partial charge >= 0.3 is 0 Å². The fourth-order valence-electron chi connectivity index (χ4n) is 5.01. The molecule has 3 aromatic rings. The molecule has 0 radical (unpaired) electrons. The van der Waals surface area contributed by atoms with Gasteiger partial charge in [-0.2, -0.15) is 0 Å². The number of ether oxygens (including phenoxy) is 2. The van der Waals surface area contributed by atoms with Crippen molar-refractivity contribution in [2.24, 2.45) is 0 Å². The number of piperidine rings is 1. The molecule has 0 saturated carbocycles. The van der Waals surface area contributed by atoms with Crippen LogP contribution in [0.3, 0.4) is 0 Å². The fourth-order valence-corrected chi connectivity index (χ4v) is 5.01. The molecule has 2 aliphatic heterocycles. The Kier molecular flexibility index (Phi) is 5.76. The van der Waals surface area contributed by atoms with E-state index in [9.17, 15) is 4.79 Å². The van der Waals surface area contributed by atoms with Crippen LogP contribution in [0, 0.1) is 5.82 Å². The van der Waals surface area contributed by atoms with Crippen molar-refractivity contribution in [1.82, 2.24) is 19.3 Å². The van der Waals surface area contributed by atoms with Crippen molar-refractivity contribution < 1.29 is 18.7 Å². The maximum atomic E-state index is 15.4. The zero-order chi connectivity index (χ0) is 23.1. The van der Waals surface area contributed by atoms with E-state index in [4.69, 9.17) is 20.2 Å². The first-order valence-corrected chi connectivity index (χ1v) is 11.4. The molecule has 0 spiro atoms. The Hall–Kier alpha value is -3.04. The van der Waals surface area contributed by atoms with E-state index in [0.29, 0.717) is 23.9 Å². The maximum absolute atomic E-state index is 15.4. The number of ketones is 1. The monoisotopic (exact) mass is 453 g/mol. The topological polar surface area (TPSA) is 95.0 Å².